The number of benzene rings is 1. The maximum absolute atomic E-state index is 12.2. The second kappa shape index (κ2) is 8.66. The van der Waals surface area contributed by atoms with Crippen molar-refractivity contribution in [2.45, 2.75) is 46.5 Å². The van der Waals surface area contributed by atoms with Crippen LogP contribution in [0.25, 0.3) is 0 Å². The number of likely N-dealkylation sites (tertiary alicyclic amines) is 1. The van der Waals surface area contributed by atoms with Crippen molar-refractivity contribution in [3.8, 4) is 0 Å². The Labute approximate surface area is 148 Å². The van der Waals surface area contributed by atoms with E-state index in [1.165, 1.54) is 44.3 Å². The second-order valence-corrected chi connectivity index (χ2v) is 8.29. The Balaban J connectivity index is 1.65. The van der Waals surface area contributed by atoms with Crippen molar-refractivity contribution >= 4 is 5.91 Å². The summed E-state index contributed by atoms with van der Waals surface area (Å²) in [5.74, 6) is 1.09. The van der Waals surface area contributed by atoms with E-state index in [9.17, 15) is 4.79 Å². The van der Waals surface area contributed by atoms with Gasteiger partial charge in [0.25, 0.3) is 0 Å². The molecule has 0 saturated carbocycles. The summed E-state index contributed by atoms with van der Waals surface area (Å²) in [4.78, 5) is 16.6. The molecule has 1 amide bonds. The fourth-order valence-electron chi connectivity index (χ4n) is 3.48. The van der Waals surface area contributed by atoms with Gasteiger partial charge in [-0.3, -0.25) is 4.79 Å². The average molecular weight is 331 g/mol. The van der Waals surface area contributed by atoms with E-state index in [0.717, 1.165) is 19.0 Å². The average Bonchev–Trinajstić information content (AvgIpc) is 2.58. The molecule has 2 rings (SSSR count). The molecule has 1 aromatic carbocycles. The van der Waals surface area contributed by atoms with Crippen LogP contribution < -0.4 is 0 Å². The zero-order chi connectivity index (χ0) is 17.6. The Morgan fingerprint density at radius 3 is 2.38 bits per heavy atom. The van der Waals surface area contributed by atoms with Crippen LogP contribution in [-0.2, 0) is 11.2 Å². The van der Waals surface area contributed by atoms with Gasteiger partial charge in [0, 0.05) is 25.6 Å². The van der Waals surface area contributed by atoms with Crippen LogP contribution in [0.4, 0.5) is 0 Å². The summed E-state index contributed by atoms with van der Waals surface area (Å²) in [6.45, 7) is 10.2. The van der Waals surface area contributed by atoms with Crippen molar-refractivity contribution in [3.05, 3.63) is 35.9 Å². The van der Waals surface area contributed by atoms with Crippen LogP contribution in [0, 0.1) is 11.3 Å². The maximum Gasteiger partial charge on any atom is 0.227 e. The van der Waals surface area contributed by atoms with E-state index in [4.69, 9.17) is 0 Å². The quantitative estimate of drug-likeness (QED) is 0.791. The number of hydrogen-bond donors (Lipinski definition) is 0. The summed E-state index contributed by atoms with van der Waals surface area (Å²) in [5.41, 5.74) is 1.18. The summed E-state index contributed by atoms with van der Waals surface area (Å²) in [6.07, 6.45) is 5.10. The fourth-order valence-corrected chi connectivity index (χ4v) is 3.48. The van der Waals surface area contributed by atoms with Crippen LogP contribution in [0.15, 0.2) is 30.3 Å². The highest BCUT2D eigenvalue weighted by Crippen LogP contribution is 2.22. The molecule has 3 heteroatoms. The predicted octanol–water partition coefficient (Wildman–Crippen LogP) is 3.84. The van der Waals surface area contributed by atoms with E-state index < -0.39 is 0 Å². The Morgan fingerprint density at radius 2 is 1.79 bits per heavy atom. The van der Waals surface area contributed by atoms with Crippen molar-refractivity contribution < 1.29 is 4.79 Å². The number of rotatable bonds is 6. The first-order valence-electron chi connectivity index (χ1n) is 9.38. The lowest BCUT2D eigenvalue weighted by atomic mass is 9.90. The van der Waals surface area contributed by atoms with Gasteiger partial charge in [0.2, 0.25) is 5.91 Å². The number of hydrogen-bond acceptors (Lipinski definition) is 2. The van der Waals surface area contributed by atoms with Gasteiger partial charge >= 0.3 is 0 Å². The van der Waals surface area contributed by atoms with Crippen molar-refractivity contribution in [1.82, 2.24) is 9.80 Å². The lowest BCUT2D eigenvalue weighted by Crippen LogP contribution is -2.43. The van der Waals surface area contributed by atoms with Gasteiger partial charge in [0.1, 0.15) is 0 Å². The number of carbonyl (C=O) groups is 1. The highest BCUT2D eigenvalue weighted by molar-refractivity contribution is 5.81. The summed E-state index contributed by atoms with van der Waals surface area (Å²) in [7, 11) is 1.93. The van der Waals surface area contributed by atoms with E-state index in [0.29, 0.717) is 0 Å². The van der Waals surface area contributed by atoms with E-state index in [2.05, 4.69) is 35.2 Å². The molecule has 24 heavy (non-hydrogen) atoms. The first kappa shape index (κ1) is 19.0. The second-order valence-electron chi connectivity index (χ2n) is 8.29. The van der Waals surface area contributed by atoms with Crippen molar-refractivity contribution in [2.75, 3.05) is 33.2 Å². The van der Waals surface area contributed by atoms with E-state index in [1.807, 2.05) is 32.7 Å². The van der Waals surface area contributed by atoms with Gasteiger partial charge < -0.3 is 9.80 Å². The van der Waals surface area contributed by atoms with Gasteiger partial charge in [0.05, 0.1) is 0 Å². The molecule has 0 bridgehead atoms. The van der Waals surface area contributed by atoms with Crippen LogP contribution in [0.1, 0.15) is 45.6 Å². The zero-order valence-electron chi connectivity index (χ0n) is 15.9. The molecular weight excluding hydrogens is 296 g/mol. The molecule has 134 valence electrons. The van der Waals surface area contributed by atoms with Gasteiger partial charge in [0.15, 0.2) is 0 Å². The zero-order valence-corrected chi connectivity index (χ0v) is 15.9. The molecule has 0 unspecified atom stereocenters. The largest absolute Gasteiger partial charge is 0.344 e. The molecule has 1 fully saturated rings. The van der Waals surface area contributed by atoms with E-state index in [-0.39, 0.29) is 11.3 Å². The number of likely N-dealkylation sites (N-methyl/N-ethyl adjacent to an activating group) is 1. The third-order valence-electron chi connectivity index (χ3n) is 5.13. The predicted molar refractivity (Wildman–Crippen MR) is 101 cm³/mol. The van der Waals surface area contributed by atoms with E-state index >= 15 is 0 Å². The number of amides is 1. The smallest absolute Gasteiger partial charge is 0.227 e. The standard InChI is InChI=1S/C21H34N2O/c1-21(2,3)20(24)22(4)16-17-23-14-12-19(13-15-23)11-10-18-8-6-5-7-9-18/h5-9,19H,10-17H2,1-4H3. The normalized spacial score (nSPS) is 17.0. The van der Waals surface area contributed by atoms with Gasteiger partial charge in [-0.25, -0.2) is 0 Å². The fraction of sp³-hybridized carbons (Fsp3) is 0.667. The summed E-state index contributed by atoms with van der Waals surface area (Å²) >= 11 is 0. The minimum Gasteiger partial charge on any atom is -0.344 e. The molecule has 1 aromatic rings. The molecule has 0 spiro atoms. The van der Waals surface area contributed by atoms with Gasteiger partial charge in [-0.1, -0.05) is 51.1 Å². The molecular formula is C21H34N2O. The van der Waals surface area contributed by atoms with Crippen molar-refractivity contribution in [3.63, 3.8) is 0 Å². The van der Waals surface area contributed by atoms with Crippen LogP contribution >= 0.6 is 0 Å². The lowest BCUT2D eigenvalue weighted by molar-refractivity contribution is -0.138. The maximum atomic E-state index is 12.2. The SMILES string of the molecule is CN(CCN1CCC(CCc2ccccc2)CC1)C(=O)C(C)(C)C. The third kappa shape index (κ3) is 5.94. The van der Waals surface area contributed by atoms with Crippen LogP contribution in [0.5, 0.6) is 0 Å². The summed E-state index contributed by atoms with van der Waals surface area (Å²) in [5, 5.41) is 0. The number of piperidine rings is 1. The molecule has 0 radical (unpaired) electrons. The number of aryl methyl sites for hydroxylation is 1. The highest BCUT2D eigenvalue weighted by Gasteiger charge is 2.25. The lowest BCUT2D eigenvalue weighted by Gasteiger charge is -2.34. The van der Waals surface area contributed by atoms with Crippen LogP contribution in [-0.4, -0.2) is 48.9 Å². The molecule has 1 heterocycles. The monoisotopic (exact) mass is 330 g/mol. The van der Waals surface area contributed by atoms with Gasteiger partial charge in [-0.05, 0) is 50.3 Å². The highest BCUT2D eigenvalue weighted by atomic mass is 16.2. The Morgan fingerprint density at radius 1 is 1.17 bits per heavy atom. The third-order valence-corrected chi connectivity index (χ3v) is 5.13. The summed E-state index contributed by atoms with van der Waals surface area (Å²) < 4.78 is 0. The molecule has 0 atom stereocenters. The summed E-state index contributed by atoms with van der Waals surface area (Å²) in [6, 6.07) is 10.8. The molecule has 3 nitrogen and oxygen atoms in total. The molecule has 1 saturated heterocycles. The van der Waals surface area contributed by atoms with Gasteiger partial charge in [-0.15, -0.1) is 0 Å². The van der Waals surface area contributed by atoms with Gasteiger partial charge in [-0.2, -0.15) is 0 Å². The number of nitrogens with zero attached hydrogens (tertiary/aromatic N) is 2. The van der Waals surface area contributed by atoms with Crippen LogP contribution in [0.3, 0.4) is 0 Å². The molecule has 0 N–H and O–H groups in total. The topological polar surface area (TPSA) is 23.6 Å². The first-order valence-corrected chi connectivity index (χ1v) is 9.38. The molecule has 1 aliphatic heterocycles. The Hall–Kier alpha value is -1.35. The first-order chi connectivity index (χ1) is 11.4. The van der Waals surface area contributed by atoms with Crippen LogP contribution in [0.2, 0.25) is 0 Å². The molecule has 1 aliphatic rings. The Kier molecular flexibility index (Phi) is 6.85. The van der Waals surface area contributed by atoms with Crippen molar-refractivity contribution in [2.24, 2.45) is 11.3 Å². The minimum absolute atomic E-state index is 0.236. The van der Waals surface area contributed by atoms with E-state index in [1.54, 1.807) is 0 Å². The minimum atomic E-state index is -0.279. The molecule has 0 aliphatic carbocycles. The Bertz CT molecular complexity index is 498. The molecule has 0 aromatic heterocycles. The number of carbonyl (C=O) groups excluding carboxylic acids is 1. The van der Waals surface area contributed by atoms with Crippen molar-refractivity contribution in [1.29, 1.82) is 0 Å².